The summed E-state index contributed by atoms with van der Waals surface area (Å²) in [4.78, 5) is 10.8. The summed E-state index contributed by atoms with van der Waals surface area (Å²) in [6.07, 6.45) is -2.44. The van der Waals surface area contributed by atoms with Gasteiger partial charge in [0.15, 0.2) is 0 Å². The minimum absolute atomic E-state index is 0.0301. The Morgan fingerprint density at radius 2 is 1.93 bits per heavy atom. The van der Waals surface area contributed by atoms with Crippen molar-refractivity contribution in [3.05, 3.63) is 35.4 Å². The maximum Gasteiger partial charge on any atom is 0.336 e. The van der Waals surface area contributed by atoms with E-state index in [0.717, 1.165) is 0 Å². The molecule has 1 aromatic carbocycles. The van der Waals surface area contributed by atoms with E-state index in [1.165, 1.54) is 12.1 Å². The first-order valence-electron chi connectivity index (χ1n) is 4.46. The summed E-state index contributed by atoms with van der Waals surface area (Å²) >= 11 is 0. The second-order valence-corrected chi connectivity index (χ2v) is 3.14. The molecule has 1 aromatic rings. The Labute approximate surface area is 86.8 Å². The van der Waals surface area contributed by atoms with Crippen molar-refractivity contribution in [1.29, 1.82) is 0 Å². The van der Waals surface area contributed by atoms with E-state index in [1.54, 1.807) is 12.1 Å². The second kappa shape index (κ2) is 4.88. The minimum atomic E-state index is -1.28. The zero-order chi connectivity index (χ0) is 11.4. The molecule has 0 heterocycles. The molecule has 0 saturated heterocycles. The van der Waals surface area contributed by atoms with Crippen LogP contribution in [0.25, 0.3) is 0 Å². The van der Waals surface area contributed by atoms with Gasteiger partial charge in [0.25, 0.3) is 0 Å². The Kier molecular flexibility index (Phi) is 3.79. The fraction of sp³-hybridized carbons (Fsp3) is 0.300. The number of rotatable bonds is 4. The molecular weight excluding hydrogens is 198 g/mol. The molecule has 0 fully saturated rings. The fourth-order valence-electron chi connectivity index (χ4n) is 1.29. The lowest BCUT2D eigenvalue weighted by Crippen LogP contribution is -2.28. The SMILES string of the molecule is NCC(O)C(O)c1ccccc1C(=O)O. The fourth-order valence-corrected chi connectivity index (χ4v) is 1.29. The number of aromatic carboxylic acids is 1. The number of hydrogen-bond donors (Lipinski definition) is 4. The number of hydrogen-bond acceptors (Lipinski definition) is 4. The van der Waals surface area contributed by atoms with Crippen molar-refractivity contribution in [3.63, 3.8) is 0 Å². The first-order valence-corrected chi connectivity index (χ1v) is 4.46. The average molecular weight is 211 g/mol. The van der Waals surface area contributed by atoms with E-state index in [2.05, 4.69) is 0 Å². The number of nitrogens with two attached hydrogens (primary N) is 1. The molecule has 0 bridgehead atoms. The number of carbonyl (C=O) groups is 1. The van der Waals surface area contributed by atoms with Gasteiger partial charge in [0.2, 0.25) is 0 Å². The van der Waals surface area contributed by atoms with Gasteiger partial charge >= 0.3 is 5.97 Å². The third kappa shape index (κ3) is 2.53. The summed E-state index contributed by atoms with van der Waals surface area (Å²) in [5.41, 5.74) is 5.32. The van der Waals surface area contributed by atoms with Crippen LogP contribution >= 0.6 is 0 Å². The summed E-state index contributed by atoms with van der Waals surface area (Å²) in [6, 6.07) is 5.96. The van der Waals surface area contributed by atoms with Crippen LogP contribution in [0.3, 0.4) is 0 Å². The molecule has 0 aliphatic carbocycles. The van der Waals surface area contributed by atoms with Gasteiger partial charge in [-0.05, 0) is 11.6 Å². The maximum absolute atomic E-state index is 10.8. The Balaban J connectivity index is 3.07. The van der Waals surface area contributed by atoms with Crippen LogP contribution in [-0.4, -0.2) is 33.9 Å². The summed E-state index contributed by atoms with van der Waals surface area (Å²) < 4.78 is 0. The largest absolute Gasteiger partial charge is 0.478 e. The van der Waals surface area contributed by atoms with Gasteiger partial charge in [-0.25, -0.2) is 4.79 Å². The van der Waals surface area contributed by atoms with Crippen LogP contribution in [-0.2, 0) is 0 Å². The molecular formula is C10H13NO4. The monoisotopic (exact) mass is 211 g/mol. The van der Waals surface area contributed by atoms with Crippen LogP contribution in [0, 0.1) is 0 Å². The highest BCUT2D eigenvalue weighted by molar-refractivity contribution is 5.89. The summed E-state index contributed by atoms with van der Waals surface area (Å²) in [5.74, 6) is -1.14. The molecule has 2 unspecified atom stereocenters. The maximum atomic E-state index is 10.8. The van der Waals surface area contributed by atoms with Gasteiger partial charge in [0.05, 0.1) is 11.7 Å². The van der Waals surface area contributed by atoms with Gasteiger partial charge in [-0.15, -0.1) is 0 Å². The zero-order valence-electron chi connectivity index (χ0n) is 8.00. The Bertz CT molecular complexity index is 353. The number of carboxylic acids is 1. The summed E-state index contributed by atoms with van der Waals surface area (Å²) in [5, 5.41) is 27.8. The van der Waals surface area contributed by atoms with Crippen molar-refractivity contribution in [2.45, 2.75) is 12.2 Å². The Morgan fingerprint density at radius 1 is 1.33 bits per heavy atom. The van der Waals surface area contributed by atoms with Crippen LogP contribution < -0.4 is 5.73 Å². The molecule has 1 rings (SSSR count). The Morgan fingerprint density at radius 3 is 2.47 bits per heavy atom. The molecule has 0 spiro atoms. The standard InChI is InChI=1S/C10H13NO4/c11-5-8(12)9(13)6-3-1-2-4-7(6)10(14)15/h1-4,8-9,12-13H,5,11H2,(H,14,15). The lowest BCUT2D eigenvalue weighted by molar-refractivity contribution is 0.0232. The van der Waals surface area contributed by atoms with Gasteiger partial charge in [0, 0.05) is 6.54 Å². The lowest BCUT2D eigenvalue weighted by atomic mass is 9.99. The average Bonchev–Trinajstić information content (AvgIpc) is 2.27. The van der Waals surface area contributed by atoms with E-state index in [0.29, 0.717) is 0 Å². The normalized spacial score (nSPS) is 14.6. The predicted molar refractivity (Wildman–Crippen MR) is 53.4 cm³/mol. The predicted octanol–water partition coefficient (Wildman–Crippen LogP) is -0.262. The number of aliphatic hydroxyl groups excluding tert-OH is 2. The van der Waals surface area contributed by atoms with E-state index < -0.39 is 18.2 Å². The molecule has 15 heavy (non-hydrogen) atoms. The number of aliphatic hydroxyl groups is 2. The van der Waals surface area contributed by atoms with Crippen LogP contribution in [0.4, 0.5) is 0 Å². The van der Waals surface area contributed by atoms with Gasteiger partial charge in [-0.2, -0.15) is 0 Å². The molecule has 0 aliphatic heterocycles. The molecule has 0 radical (unpaired) electrons. The van der Waals surface area contributed by atoms with Crippen molar-refractivity contribution in [2.24, 2.45) is 5.73 Å². The molecule has 5 nitrogen and oxygen atoms in total. The highest BCUT2D eigenvalue weighted by Crippen LogP contribution is 2.20. The van der Waals surface area contributed by atoms with Gasteiger partial charge in [0.1, 0.15) is 6.10 Å². The van der Waals surface area contributed by atoms with E-state index in [-0.39, 0.29) is 17.7 Å². The number of benzene rings is 1. The summed E-state index contributed by atoms with van der Waals surface area (Å²) in [7, 11) is 0. The third-order valence-corrected chi connectivity index (χ3v) is 2.12. The van der Waals surface area contributed by atoms with E-state index in [4.69, 9.17) is 10.8 Å². The molecule has 82 valence electrons. The van der Waals surface area contributed by atoms with Crippen molar-refractivity contribution in [3.8, 4) is 0 Å². The molecule has 0 saturated carbocycles. The Hall–Kier alpha value is -1.43. The van der Waals surface area contributed by atoms with Gasteiger partial charge < -0.3 is 21.1 Å². The summed E-state index contributed by atoms with van der Waals surface area (Å²) in [6.45, 7) is -0.130. The highest BCUT2D eigenvalue weighted by atomic mass is 16.4. The van der Waals surface area contributed by atoms with E-state index in [9.17, 15) is 15.0 Å². The quantitative estimate of drug-likeness (QED) is 0.549. The topological polar surface area (TPSA) is 104 Å². The van der Waals surface area contributed by atoms with E-state index in [1.807, 2.05) is 0 Å². The molecule has 0 aliphatic rings. The first-order chi connectivity index (χ1) is 7.07. The molecule has 0 aromatic heterocycles. The van der Waals surface area contributed by atoms with Gasteiger partial charge in [-0.3, -0.25) is 0 Å². The molecule has 5 N–H and O–H groups in total. The first kappa shape index (κ1) is 11.6. The molecule has 2 atom stereocenters. The van der Waals surface area contributed by atoms with Crippen molar-refractivity contribution in [1.82, 2.24) is 0 Å². The smallest absolute Gasteiger partial charge is 0.336 e. The lowest BCUT2D eigenvalue weighted by Gasteiger charge is -2.17. The third-order valence-electron chi connectivity index (χ3n) is 2.12. The zero-order valence-corrected chi connectivity index (χ0v) is 8.00. The van der Waals surface area contributed by atoms with Crippen molar-refractivity contribution < 1.29 is 20.1 Å². The van der Waals surface area contributed by atoms with Gasteiger partial charge in [-0.1, -0.05) is 18.2 Å². The minimum Gasteiger partial charge on any atom is -0.478 e. The van der Waals surface area contributed by atoms with Crippen LogP contribution in [0.1, 0.15) is 22.0 Å². The molecule has 5 heteroatoms. The number of carboxylic acid groups (broad SMARTS) is 1. The van der Waals surface area contributed by atoms with Crippen molar-refractivity contribution >= 4 is 5.97 Å². The van der Waals surface area contributed by atoms with E-state index >= 15 is 0 Å². The van der Waals surface area contributed by atoms with Crippen molar-refractivity contribution in [2.75, 3.05) is 6.54 Å². The van der Waals surface area contributed by atoms with Crippen LogP contribution in [0.5, 0.6) is 0 Å². The van der Waals surface area contributed by atoms with Crippen LogP contribution in [0.15, 0.2) is 24.3 Å². The molecule has 0 amide bonds. The highest BCUT2D eigenvalue weighted by Gasteiger charge is 2.21. The van der Waals surface area contributed by atoms with Crippen LogP contribution in [0.2, 0.25) is 0 Å². The second-order valence-electron chi connectivity index (χ2n) is 3.14.